The number of benzene rings is 13. The van der Waals surface area contributed by atoms with Crippen LogP contribution in [0.25, 0.3) is 120 Å². The molecule has 0 saturated heterocycles. The van der Waals surface area contributed by atoms with Crippen molar-refractivity contribution in [3.05, 3.63) is 253 Å². The van der Waals surface area contributed by atoms with Gasteiger partial charge in [-0.05, 0) is 166 Å². The van der Waals surface area contributed by atoms with E-state index in [1.54, 1.807) is 0 Å². The minimum atomic E-state index is -0.590. The Morgan fingerprint density at radius 1 is 0.231 bits per heavy atom. The van der Waals surface area contributed by atoms with Crippen LogP contribution in [0.15, 0.2) is 231 Å². The molecule has 0 bridgehead atoms. The molecule has 13 aromatic carbocycles. The Balaban J connectivity index is 1.15. The molecule has 298 valence electrons. The van der Waals surface area contributed by atoms with E-state index >= 15 is 0 Å². The quantitative estimate of drug-likeness (QED) is 0.120. The molecule has 0 amide bonds. The molecule has 0 aromatic heterocycles. The molecule has 1 spiro atoms. The second kappa shape index (κ2) is 12.9. The first-order valence-corrected chi connectivity index (χ1v) is 22.8. The number of hydrogen-bond acceptors (Lipinski definition) is 0. The highest BCUT2D eigenvalue weighted by molar-refractivity contribution is 6.30. The maximum absolute atomic E-state index is 2.58. The first-order valence-electron chi connectivity index (χ1n) is 22.8. The van der Waals surface area contributed by atoms with Gasteiger partial charge in [0.1, 0.15) is 0 Å². The molecular formula is C65H38. The summed E-state index contributed by atoms with van der Waals surface area (Å²) in [6.45, 7) is 0. The maximum atomic E-state index is 2.58. The fraction of sp³-hybridized carbons (Fsp3) is 0.0154. The highest BCUT2D eigenvalue weighted by atomic mass is 14.5. The molecule has 2 aliphatic rings. The molecule has 0 heteroatoms. The average Bonchev–Trinajstić information content (AvgIpc) is 3.84. The molecule has 0 radical (unpaired) electrons. The zero-order valence-corrected chi connectivity index (χ0v) is 35.4. The van der Waals surface area contributed by atoms with Gasteiger partial charge in [-0.25, -0.2) is 0 Å². The van der Waals surface area contributed by atoms with Crippen molar-refractivity contribution in [3.8, 4) is 44.5 Å². The van der Waals surface area contributed by atoms with Crippen LogP contribution in [-0.2, 0) is 5.41 Å². The summed E-state index contributed by atoms with van der Waals surface area (Å²) in [5.41, 5.74) is 15.2. The first kappa shape index (κ1) is 35.2. The summed E-state index contributed by atoms with van der Waals surface area (Å²) >= 11 is 0. The lowest BCUT2D eigenvalue weighted by atomic mass is 9.68. The Kier molecular flexibility index (Phi) is 6.97. The highest BCUT2D eigenvalue weighted by Gasteiger charge is 2.53. The Hall–Kier alpha value is -8.32. The molecule has 15 rings (SSSR count). The Labute approximate surface area is 376 Å². The molecule has 0 heterocycles. The van der Waals surface area contributed by atoms with Crippen LogP contribution in [0.3, 0.4) is 0 Å². The molecule has 1 atom stereocenters. The topological polar surface area (TPSA) is 0 Å². The van der Waals surface area contributed by atoms with Crippen molar-refractivity contribution in [2.45, 2.75) is 5.41 Å². The van der Waals surface area contributed by atoms with Gasteiger partial charge in [0.25, 0.3) is 0 Å². The Bertz CT molecular complexity index is 4140. The normalized spacial score (nSPS) is 14.8. The molecule has 1 unspecified atom stereocenters. The largest absolute Gasteiger partial charge is 0.0732 e. The summed E-state index contributed by atoms with van der Waals surface area (Å²) in [4.78, 5) is 0. The second-order valence-corrected chi connectivity index (χ2v) is 18.2. The van der Waals surface area contributed by atoms with Crippen LogP contribution in [0.5, 0.6) is 0 Å². The standard InChI is InChI=1S/C65H38/c1-5-21-44-39(17-1)35-40-18-2-6-22-45(40)60(44)43-33-34-51-50-27-13-15-31-57(50)65(59(51)37-43)58-32-16-14-30-54(58)62-52-28-11-10-26-49(52)56-38-55(48-25-9-12-29-53(48)63(56)64(62)65)61-46-23-7-3-19-41(46)36-42-20-4-8-24-47(42)61/h1-38H. The monoisotopic (exact) mass is 818 g/mol. The van der Waals surface area contributed by atoms with Crippen LogP contribution in [0.1, 0.15) is 22.3 Å². The summed E-state index contributed by atoms with van der Waals surface area (Å²) in [7, 11) is 0. The van der Waals surface area contributed by atoms with Crippen molar-refractivity contribution in [1.82, 2.24) is 0 Å². The summed E-state index contributed by atoms with van der Waals surface area (Å²) in [6, 6.07) is 87.4. The third-order valence-corrected chi connectivity index (χ3v) is 15.2. The number of fused-ring (bicyclic) bond motifs is 21. The van der Waals surface area contributed by atoms with Gasteiger partial charge in [0, 0.05) is 0 Å². The first-order chi connectivity index (χ1) is 32.3. The number of hydrogen-bond donors (Lipinski definition) is 0. The van der Waals surface area contributed by atoms with Gasteiger partial charge in [-0.3, -0.25) is 0 Å². The van der Waals surface area contributed by atoms with Gasteiger partial charge in [0.05, 0.1) is 5.41 Å². The van der Waals surface area contributed by atoms with Gasteiger partial charge in [0.15, 0.2) is 0 Å². The molecule has 0 N–H and O–H groups in total. The van der Waals surface area contributed by atoms with Crippen LogP contribution in [0.4, 0.5) is 0 Å². The van der Waals surface area contributed by atoms with E-state index in [4.69, 9.17) is 0 Å². The van der Waals surface area contributed by atoms with Crippen molar-refractivity contribution in [2.75, 3.05) is 0 Å². The summed E-state index contributed by atoms with van der Waals surface area (Å²) in [6.07, 6.45) is 0. The molecule has 13 aromatic rings. The lowest BCUT2D eigenvalue weighted by molar-refractivity contribution is 0.802. The third-order valence-electron chi connectivity index (χ3n) is 15.2. The molecule has 0 nitrogen and oxygen atoms in total. The van der Waals surface area contributed by atoms with E-state index in [0.29, 0.717) is 0 Å². The smallest absolute Gasteiger partial charge is 0.0619 e. The van der Waals surface area contributed by atoms with Gasteiger partial charge in [-0.1, -0.05) is 206 Å². The van der Waals surface area contributed by atoms with Crippen molar-refractivity contribution in [2.24, 2.45) is 0 Å². The molecule has 0 saturated carbocycles. The SMILES string of the molecule is c1ccc2c(c1)-c1ccc(-c3c4ccccc4cc4ccccc34)cc1C21c2ccccc2-c2c1c1c3ccccc3c(-c3c4ccccc4cc4ccccc34)cc1c1ccccc21. The second-order valence-electron chi connectivity index (χ2n) is 18.2. The highest BCUT2D eigenvalue weighted by Crippen LogP contribution is 2.66. The minimum absolute atomic E-state index is 0.590. The lowest BCUT2D eigenvalue weighted by Crippen LogP contribution is -2.26. The van der Waals surface area contributed by atoms with Crippen LogP contribution < -0.4 is 0 Å². The van der Waals surface area contributed by atoms with Gasteiger partial charge in [-0.2, -0.15) is 0 Å². The maximum Gasteiger partial charge on any atom is 0.0732 e. The summed E-state index contributed by atoms with van der Waals surface area (Å²) in [5, 5.41) is 17.9. The van der Waals surface area contributed by atoms with E-state index in [2.05, 4.69) is 231 Å². The van der Waals surface area contributed by atoms with Crippen molar-refractivity contribution < 1.29 is 0 Å². The predicted molar refractivity (Wildman–Crippen MR) is 276 cm³/mol. The molecule has 2 aliphatic carbocycles. The van der Waals surface area contributed by atoms with E-state index in [9.17, 15) is 0 Å². The predicted octanol–water partition coefficient (Wildman–Crippen LogP) is 17.4. The molecular weight excluding hydrogens is 781 g/mol. The zero-order valence-electron chi connectivity index (χ0n) is 35.4. The molecule has 0 fully saturated rings. The van der Waals surface area contributed by atoms with E-state index in [1.165, 1.54) is 142 Å². The van der Waals surface area contributed by atoms with E-state index < -0.39 is 5.41 Å². The van der Waals surface area contributed by atoms with Crippen LogP contribution in [0, 0.1) is 0 Å². The molecule has 65 heavy (non-hydrogen) atoms. The van der Waals surface area contributed by atoms with Crippen molar-refractivity contribution in [1.29, 1.82) is 0 Å². The van der Waals surface area contributed by atoms with Gasteiger partial charge in [-0.15, -0.1) is 0 Å². The minimum Gasteiger partial charge on any atom is -0.0619 e. The molecule has 0 aliphatic heterocycles. The van der Waals surface area contributed by atoms with Crippen LogP contribution in [0.2, 0.25) is 0 Å². The van der Waals surface area contributed by atoms with Gasteiger partial charge < -0.3 is 0 Å². The average molecular weight is 819 g/mol. The van der Waals surface area contributed by atoms with Gasteiger partial charge >= 0.3 is 0 Å². The van der Waals surface area contributed by atoms with E-state index in [0.717, 1.165) is 0 Å². The fourth-order valence-electron chi connectivity index (χ4n) is 12.7. The van der Waals surface area contributed by atoms with E-state index in [1.807, 2.05) is 0 Å². The summed E-state index contributed by atoms with van der Waals surface area (Å²) < 4.78 is 0. The Morgan fingerprint density at radius 2 is 0.677 bits per heavy atom. The Morgan fingerprint density at radius 3 is 1.29 bits per heavy atom. The van der Waals surface area contributed by atoms with E-state index in [-0.39, 0.29) is 0 Å². The summed E-state index contributed by atoms with van der Waals surface area (Å²) in [5.74, 6) is 0. The van der Waals surface area contributed by atoms with Gasteiger partial charge in [0.2, 0.25) is 0 Å². The third kappa shape index (κ3) is 4.51. The van der Waals surface area contributed by atoms with Crippen molar-refractivity contribution >= 4 is 75.4 Å². The van der Waals surface area contributed by atoms with Crippen LogP contribution >= 0.6 is 0 Å². The number of rotatable bonds is 2. The zero-order chi connectivity index (χ0) is 42.4. The lowest BCUT2D eigenvalue weighted by Gasteiger charge is -2.33. The van der Waals surface area contributed by atoms with Crippen molar-refractivity contribution in [3.63, 3.8) is 0 Å². The van der Waals surface area contributed by atoms with Crippen LogP contribution in [-0.4, -0.2) is 0 Å². The fourth-order valence-corrected chi connectivity index (χ4v) is 12.7.